The molecule has 0 bridgehead atoms. The molecule has 1 saturated carbocycles. The first-order valence-corrected chi connectivity index (χ1v) is 8.43. The number of aliphatic carboxylic acids is 1. The van der Waals surface area contributed by atoms with Gasteiger partial charge in [0.1, 0.15) is 5.75 Å². The van der Waals surface area contributed by atoms with Gasteiger partial charge >= 0.3 is 5.97 Å². The van der Waals surface area contributed by atoms with Gasteiger partial charge < -0.3 is 14.7 Å². The Balaban J connectivity index is 1.58. The molecule has 0 aromatic heterocycles. The first-order chi connectivity index (χ1) is 12.1. The first kappa shape index (κ1) is 15.7. The highest BCUT2D eigenvalue weighted by molar-refractivity contribution is 5.90. The summed E-state index contributed by atoms with van der Waals surface area (Å²) < 4.78 is 5.97. The van der Waals surface area contributed by atoms with Crippen LogP contribution in [0.25, 0.3) is 0 Å². The molecule has 1 N–H and O–H groups in total. The zero-order chi connectivity index (χ0) is 17.4. The maximum atomic E-state index is 13.1. The summed E-state index contributed by atoms with van der Waals surface area (Å²) in [7, 11) is 0. The van der Waals surface area contributed by atoms with Gasteiger partial charge in [-0.15, -0.1) is 0 Å². The topological polar surface area (TPSA) is 66.8 Å². The zero-order valence-electron chi connectivity index (χ0n) is 13.7. The van der Waals surface area contributed by atoms with Crippen molar-refractivity contribution in [1.82, 2.24) is 4.90 Å². The number of nitrogens with zero attached hydrogens (tertiary/aromatic N) is 1. The van der Waals surface area contributed by atoms with E-state index in [0.717, 1.165) is 11.1 Å². The van der Waals surface area contributed by atoms with Crippen molar-refractivity contribution in [2.75, 3.05) is 6.54 Å². The molecule has 25 heavy (non-hydrogen) atoms. The highest BCUT2D eigenvalue weighted by Crippen LogP contribution is 2.43. The minimum absolute atomic E-state index is 0.114. The number of amides is 1. The lowest BCUT2D eigenvalue weighted by Gasteiger charge is -2.35. The molecule has 5 nitrogen and oxygen atoms in total. The minimum atomic E-state index is -0.904. The molecule has 1 atom stereocenters. The van der Waals surface area contributed by atoms with Crippen molar-refractivity contribution >= 4 is 11.9 Å². The van der Waals surface area contributed by atoms with Crippen LogP contribution in [0.15, 0.2) is 54.6 Å². The Morgan fingerprint density at radius 2 is 1.72 bits per heavy atom. The number of fused-ring (bicyclic) bond motifs is 1. The highest BCUT2D eigenvalue weighted by atomic mass is 16.5. The van der Waals surface area contributed by atoms with Crippen LogP contribution in [0.3, 0.4) is 0 Å². The van der Waals surface area contributed by atoms with E-state index in [1.807, 2.05) is 54.6 Å². The van der Waals surface area contributed by atoms with Crippen molar-refractivity contribution in [2.24, 2.45) is 0 Å². The van der Waals surface area contributed by atoms with Crippen LogP contribution in [0.4, 0.5) is 0 Å². The summed E-state index contributed by atoms with van der Waals surface area (Å²) in [5.74, 6) is -1.04. The average molecular weight is 337 g/mol. The van der Waals surface area contributed by atoms with Crippen LogP contribution < -0.4 is 4.74 Å². The van der Waals surface area contributed by atoms with Crippen molar-refractivity contribution in [2.45, 2.75) is 30.9 Å². The van der Waals surface area contributed by atoms with Crippen molar-refractivity contribution in [3.8, 4) is 5.75 Å². The van der Waals surface area contributed by atoms with Gasteiger partial charge in [0.05, 0.1) is 5.92 Å². The number of hydrogen-bond donors (Lipinski definition) is 1. The molecule has 5 heteroatoms. The van der Waals surface area contributed by atoms with Gasteiger partial charge in [-0.05, 0) is 23.3 Å². The summed E-state index contributed by atoms with van der Waals surface area (Å²) in [6.45, 7) is 0.615. The van der Waals surface area contributed by atoms with Crippen molar-refractivity contribution in [3.63, 3.8) is 0 Å². The Hall–Kier alpha value is -2.82. The quantitative estimate of drug-likeness (QED) is 0.932. The van der Waals surface area contributed by atoms with E-state index < -0.39 is 17.5 Å². The molecule has 1 fully saturated rings. The van der Waals surface area contributed by atoms with Gasteiger partial charge in [0.15, 0.2) is 5.60 Å². The second-order valence-corrected chi connectivity index (χ2v) is 6.68. The van der Waals surface area contributed by atoms with Crippen LogP contribution in [0.2, 0.25) is 0 Å². The Morgan fingerprint density at radius 1 is 1.04 bits per heavy atom. The summed E-state index contributed by atoms with van der Waals surface area (Å²) in [6.07, 6.45) is 1.33. The van der Waals surface area contributed by atoms with Gasteiger partial charge in [0.25, 0.3) is 5.91 Å². The summed E-state index contributed by atoms with van der Waals surface area (Å²) in [6, 6.07) is 16.7. The van der Waals surface area contributed by atoms with Crippen LogP contribution in [0, 0.1) is 0 Å². The van der Waals surface area contributed by atoms with E-state index in [-0.39, 0.29) is 12.5 Å². The summed E-state index contributed by atoms with van der Waals surface area (Å²) in [5.41, 5.74) is 0.856. The average Bonchev–Trinajstić information content (AvgIpc) is 3.41. The van der Waals surface area contributed by atoms with E-state index in [1.54, 1.807) is 4.90 Å². The highest BCUT2D eigenvalue weighted by Gasteiger charge is 2.55. The fourth-order valence-electron chi connectivity index (χ4n) is 3.45. The van der Waals surface area contributed by atoms with Gasteiger partial charge in [0.2, 0.25) is 0 Å². The van der Waals surface area contributed by atoms with Crippen molar-refractivity contribution in [3.05, 3.63) is 65.7 Å². The van der Waals surface area contributed by atoms with Crippen LogP contribution in [0.5, 0.6) is 5.75 Å². The number of carbonyl (C=O) groups is 2. The maximum Gasteiger partial charge on any atom is 0.312 e. The fraction of sp³-hybridized carbons (Fsp3) is 0.300. The molecule has 0 saturated heterocycles. The third-order valence-electron chi connectivity index (χ3n) is 4.93. The lowest BCUT2D eigenvalue weighted by molar-refractivity contribution is -0.145. The Kier molecular flexibility index (Phi) is 3.71. The smallest absolute Gasteiger partial charge is 0.312 e. The zero-order valence-corrected chi connectivity index (χ0v) is 13.7. The number of carboxylic acids is 1. The number of benzene rings is 2. The SMILES string of the molecule is O=C(O)C1CN(C(=O)C2(Oc3ccccc3)CC2)Cc2ccccc21. The third-order valence-corrected chi connectivity index (χ3v) is 4.93. The second-order valence-electron chi connectivity index (χ2n) is 6.68. The summed E-state index contributed by atoms with van der Waals surface area (Å²) in [5, 5.41) is 9.57. The molecule has 1 aliphatic carbocycles. The number of carbonyl (C=O) groups excluding carboxylic acids is 1. The number of hydrogen-bond acceptors (Lipinski definition) is 3. The molecule has 2 aromatic carbocycles. The fourth-order valence-corrected chi connectivity index (χ4v) is 3.45. The number of carboxylic acid groups (broad SMARTS) is 1. The molecule has 1 aliphatic heterocycles. The molecule has 1 unspecified atom stereocenters. The molecule has 128 valence electrons. The normalized spacial score (nSPS) is 20.5. The monoisotopic (exact) mass is 337 g/mol. The predicted octanol–water partition coefficient (Wildman–Crippen LogP) is 2.81. The van der Waals surface area contributed by atoms with Crippen LogP contribution >= 0.6 is 0 Å². The van der Waals surface area contributed by atoms with E-state index in [2.05, 4.69) is 0 Å². The maximum absolute atomic E-state index is 13.1. The number of rotatable bonds is 4. The Bertz CT molecular complexity index is 813. The first-order valence-electron chi connectivity index (χ1n) is 8.43. The predicted molar refractivity (Wildman–Crippen MR) is 91.3 cm³/mol. The van der Waals surface area contributed by atoms with E-state index in [9.17, 15) is 14.7 Å². The van der Waals surface area contributed by atoms with Gasteiger partial charge in [-0.3, -0.25) is 9.59 Å². The van der Waals surface area contributed by atoms with Gasteiger partial charge in [-0.2, -0.15) is 0 Å². The van der Waals surface area contributed by atoms with E-state index in [4.69, 9.17) is 4.74 Å². The van der Waals surface area contributed by atoms with Crippen molar-refractivity contribution < 1.29 is 19.4 Å². The molecule has 1 amide bonds. The lowest BCUT2D eigenvalue weighted by Crippen LogP contribution is -2.48. The number of para-hydroxylation sites is 1. The van der Waals surface area contributed by atoms with E-state index in [0.29, 0.717) is 25.1 Å². The van der Waals surface area contributed by atoms with Gasteiger partial charge in [-0.25, -0.2) is 0 Å². The van der Waals surface area contributed by atoms with Gasteiger partial charge in [0, 0.05) is 25.9 Å². The van der Waals surface area contributed by atoms with Gasteiger partial charge in [-0.1, -0.05) is 42.5 Å². The number of ether oxygens (including phenoxy) is 1. The molecular formula is C20H19NO4. The minimum Gasteiger partial charge on any atom is -0.481 e. The third kappa shape index (κ3) is 2.86. The molecule has 1 heterocycles. The van der Waals surface area contributed by atoms with Crippen LogP contribution in [0.1, 0.15) is 29.9 Å². The van der Waals surface area contributed by atoms with Crippen molar-refractivity contribution in [1.29, 1.82) is 0 Å². The molecule has 0 radical (unpaired) electrons. The molecule has 2 aromatic rings. The second kappa shape index (κ2) is 5.92. The van der Waals surface area contributed by atoms with E-state index in [1.165, 1.54) is 0 Å². The largest absolute Gasteiger partial charge is 0.481 e. The molecule has 2 aliphatic rings. The molecular weight excluding hydrogens is 318 g/mol. The Labute approximate surface area is 145 Å². The van der Waals surface area contributed by atoms with E-state index >= 15 is 0 Å². The molecule has 4 rings (SSSR count). The lowest BCUT2D eigenvalue weighted by atomic mass is 9.89. The summed E-state index contributed by atoms with van der Waals surface area (Å²) >= 11 is 0. The van der Waals surface area contributed by atoms with Crippen LogP contribution in [-0.4, -0.2) is 34.0 Å². The Morgan fingerprint density at radius 3 is 2.40 bits per heavy atom. The standard InChI is InChI=1S/C20H19NO4/c22-18(23)17-13-21(12-14-6-4-5-9-16(14)17)19(24)20(10-11-20)25-15-7-2-1-3-8-15/h1-9,17H,10-13H2,(H,22,23). The molecule has 0 spiro atoms. The summed E-state index contributed by atoms with van der Waals surface area (Å²) in [4.78, 5) is 26.4. The van der Waals surface area contributed by atoms with Crippen LogP contribution in [-0.2, 0) is 16.1 Å².